The van der Waals surface area contributed by atoms with Crippen LogP contribution in [-0.4, -0.2) is 47.4 Å². The van der Waals surface area contributed by atoms with Crippen molar-refractivity contribution in [3.8, 4) is 0 Å². The fourth-order valence-corrected chi connectivity index (χ4v) is 8.87. The number of nitrogens with one attached hydrogen (secondary N) is 1. The molecule has 6 nitrogen and oxygen atoms in total. The van der Waals surface area contributed by atoms with Crippen molar-refractivity contribution in [2.24, 2.45) is 0 Å². The van der Waals surface area contributed by atoms with Gasteiger partial charge in [-0.15, -0.1) is 0 Å². The van der Waals surface area contributed by atoms with Crippen molar-refractivity contribution in [1.82, 2.24) is 5.32 Å². The van der Waals surface area contributed by atoms with Gasteiger partial charge in [0.25, 0.3) is 0 Å². The molecule has 0 rings (SSSR count). The van der Waals surface area contributed by atoms with E-state index in [9.17, 15) is 19.8 Å². The normalized spacial score (nSPS) is 13.0. The summed E-state index contributed by atoms with van der Waals surface area (Å²) in [6.07, 6.45) is 75.5. The number of hydrogen-bond acceptors (Lipinski definition) is 5. The summed E-state index contributed by atoms with van der Waals surface area (Å²) in [7, 11) is 0. The number of allylic oxidation sites excluding steroid dienone is 9. The second-order valence-corrected chi connectivity index (χ2v) is 20.3. The van der Waals surface area contributed by atoms with Crippen molar-refractivity contribution in [3.63, 3.8) is 0 Å². The highest BCUT2D eigenvalue weighted by atomic mass is 16.5. The van der Waals surface area contributed by atoms with Crippen LogP contribution in [0, 0.1) is 0 Å². The molecule has 0 aliphatic rings. The van der Waals surface area contributed by atoms with Crippen molar-refractivity contribution in [2.75, 3.05) is 13.2 Å². The second kappa shape index (κ2) is 58.1. The first-order valence-electron chi connectivity index (χ1n) is 30.1. The van der Waals surface area contributed by atoms with Crippen LogP contribution in [0.5, 0.6) is 0 Å². The molecule has 0 saturated heterocycles. The third-order valence-corrected chi connectivity index (χ3v) is 13.5. The molecule has 0 bridgehead atoms. The van der Waals surface area contributed by atoms with Crippen LogP contribution in [0.25, 0.3) is 0 Å². The minimum atomic E-state index is -0.847. The minimum Gasteiger partial charge on any atom is -0.466 e. The van der Waals surface area contributed by atoms with E-state index in [0.717, 1.165) is 64.2 Å². The first kappa shape index (κ1) is 66.6. The van der Waals surface area contributed by atoms with Gasteiger partial charge in [-0.2, -0.15) is 0 Å². The molecule has 0 spiro atoms. The van der Waals surface area contributed by atoms with Gasteiger partial charge in [-0.05, 0) is 96.3 Å². The predicted octanol–water partition coefficient (Wildman–Crippen LogP) is 18.7. The lowest BCUT2D eigenvalue weighted by Gasteiger charge is -2.20. The minimum absolute atomic E-state index is 0.000355. The lowest BCUT2D eigenvalue weighted by Crippen LogP contribution is -2.45. The average Bonchev–Trinajstić information content (AvgIpc) is 3.35. The van der Waals surface area contributed by atoms with Crippen LogP contribution in [0.2, 0.25) is 0 Å². The van der Waals surface area contributed by atoms with Gasteiger partial charge in [0, 0.05) is 12.8 Å². The number of rotatable bonds is 55. The molecule has 2 atom stereocenters. The van der Waals surface area contributed by atoms with Crippen LogP contribution < -0.4 is 5.32 Å². The van der Waals surface area contributed by atoms with Crippen LogP contribution in [0.4, 0.5) is 0 Å². The number of carbonyl (C=O) groups excluding carboxylic acids is 2. The Morgan fingerprint density at radius 3 is 1.12 bits per heavy atom. The summed E-state index contributed by atoms with van der Waals surface area (Å²) in [6, 6.07) is -0.631. The Morgan fingerprint density at radius 1 is 0.406 bits per heavy atom. The highest BCUT2D eigenvalue weighted by molar-refractivity contribution is 5.76. The number of unbranched alkanes of at least 4 members (excludes halogenated alkanes) is 36. The lowest BCUT2D eigenvalue weighted by molar-refractivity contribution is -0.143. The quantitative estimate of drug-likeness (QED) is 0.0321. The number of aliphatic hydroxyl groups is 2. The van der Waals surface area contributed by atoms with Gasteiger partial charge in [-0.1, -0.05) is 254 Å². The molecule has 2 unspecified atom stereocenters. The van der Waals surface area contributed by atoms with E-state index in [1.165, 1.54) is 212 Å². The Balaban J connectivity index is 3.43. The van der Waals surface area contributed by atoms with Gasteiger partial charge < -0.3 is 20.3 Å². The summed E-state index contributed by atoms with van der Waals surface area (Å²) >= 11 is 0. The maximum Gasteiger partial charge on any atom is 0.305 e. The van der Waals surface area contributed by atoms with Gasteiger partial charge >= 0.3 is 5.97 Å². The zero-order valence-corrected chi connectivity index (χ0v) is 45.8. The lowest BCUT2D eigenvalue weighted by atomic mass is 10.0. The van der Waals surface area contributed by atoms with Gasteiger partial charge in [0.2, 0.25) is 5.91 Å². The molecule has 402 valence electrons. The van der Waals surface area contributed by atoms with Gasteiger partial charge in [0.15, 0.2) is 0 Å². The third kappa shape index (κ3) is 54.7. The van der Waals surface area contributed by atoms with Crippen molar-refractivity contribution in [2.45, 2.75) is 315 Å². The molecule has 0 aromatic carbocycles. The zero-order chi connectivity index (χ0) is 50.0. The van der Waals surface area contributed by atoms with E-state index >= 15 is 0 Å². The smallest absolute Gasteiger partial charge is 0.305 e. The fourth-order valence-electron chi connectivity index (χ4n) is 8.87. The molecular weight excluding hydrogens is 851 g/mol. The number of carbonyl (C=O) groups is 2. The summed E-state index contributed by atoms with van der Waals surface area (Å²) in [5, 5.41) is 22.9. The molecule has 0 aliphatic heterocycles. The SMILES string of the molecule is CCCCCC/C=C\C/C=C\CCCCCCCCCC(=O)OCCCCCCCCCCC/C=C\C/C=C\CCCCCCCCCCCC(=O)NC(CO)C(O)/C=C/CCCCCCCCC. The molecule has 3 N–H and O–H groups in total. The van der Waals surface area contributed by atoms with Crippen molar-refractivity contribution in [3.05, 3.63) is 60.8 Å². The summed E-state index contributed by atoms with van der Waals surface area (Å²) in [6.45, 7) is 4.85. The topological polar surface area (TPSA) is 95.9 Å². The molecule has 0 fully saturated rings. The van der Waals surface area contributed by atoms with E-state index in [-0.39, 0.29) is 18.5 Å². The first-order valence-corrected chi connectivity index (χ1v) is 30.1. The van der Waals surface area contributed by atoms with Crippen molar-refractivity contribution < 1.29 is 24.5 Å². The number of ether oxygens (including phenoxy) is 1. The Morgan fingerprint density at radius 2 is 0.725 bits per heavy atom. The van der Waals surface area contributed by atoms with Crippen LogP contribution in [-0.2, 0) is 14.3 Å². The van der Waals surface area contributed by atoms with Crippen molar-refractivity contribution in [1.29, 1.82) is 0 Å². The Labute approximate surface area is 428 Å². The summed E-state index contributed by atoms with van der Waals surface area (Å²) in [5.74, 6) is -0.0775. The molecule has 1 amide bonds. The second-order valence-electron chi connectivity index (χ2n) is 20.3. The number of aliphatic hydroxyl groups excluding tert-OH is 2. The monoisotopic (exact) mass is 966 g/mol. The largest absolute Gasteiger partial charge is 0.466 e. The van der Waals surface area contributed by atoms with Gasteiger partial charge in [-0.3, -0.25) is 9.59 Å². The fraction of sp³-hybridized carbons (Fsp3) is 0.810. The van der Waals surface area contributed by atoms with Crippen LogP contribution >= 0.6 is 0 Å². The van der Waals surface area contributed by atoms with Crippen LogP contribution in [0.15, 0.2) is 60.8 Å². The molecule has 0 aromatic heterocycles. The third-order valence-electron chi connectivity index (χ3n) is 13.5. The molecular formula is C63H115NO5. The average molecular weight is 967 g/mol. The van der Waals surface area contributed by atoms with E-state index < -0.39 is 12.1 Å². The summed E-state index contributed by atoms with van der Waals surface area (Å²) in [5.41, 5.74) is 0. The Bertz CT molecular complexity index is 1210. The molecule has 0 saturated carbocycles. The Kier molecular flexibility index (Phi) is 56.1. The molecule has 69 heavy (non-hydrogen) atoms. The molecule has 0 radical (unpaired) electrons. The molecule has 6 heteroatoms. The molecule has 0 aromatic rings. The number of esters is 1. The zero-order valence-electron chi connectivity index (χ0n) is 45.8. The van der Waals surface area contributed by atoms with Gasteiger partial charge in [-0.25, -0.2) is 0 Å². The van der Waals surface area contributed by atoms with E-state index in [1.54, 1.807) is 6.08 Å². The maximum atomic E-state index is 12.4. The highest BCUT2D eigenvalue weighted by Gasteiger charge is 2.18. The maximum absolute atomic E-state index is 12.4. The molecule has 0 heterocycles. The van der Waals surface area contributed by atoms with E-state index in [1.807, 2.05) is 6.08 Å². The summed E-state index contributed by atoms with van der Waals surface area (Å²) < 4.78 is 5.48. The van der Waals surface area contributed by atoms with Crippen LogP contribution in [0.1, 0.15) is 303 Å². The van der Waals surface area contributed by atoms with Crippen LogP contribution in [0.3, 0.4) is 0 Å². The first-order chi connectivity index (χ1) is 34.0. The standard InChI is InChI=1S/C63H115NO5/c1-3-5-7-9-11-13-14-15-16-17-28-31-34-37-41-45-49-53-57-63(68)69-58-54-50-46-42-38-35-32-29-26-24-22-20-18-19-21-23-25-27-30-33-36-40-44-48-52-56-62(67)64-60(59-65)61(66)55-51-47-43-39-12-10-8-6-4-2/h13-14,16-17,19-22,51,55,60-61,65-66H,3-12,15,18,23-50,52-54,56-59H2,1-2H3,(H,64,67)/b14-13-,17-16-,21-19-,22-20-,55-51+. The van der Waals surface area contributed by atoms with E-state index in [4.69, 9.17) is 4.74 Å². The highest BCUT2D eigenvalue weighted by Crippen LogP contribution is 2.15. The Hall–Kier alpha value is -2.44. The predicted molar refractivity (Wildman–Crippen MR) is 301 cm³/mol. The van der Waals surface area contributed by atoms with Gasteiger partial charge in [0.05, 0.1) is 25.4 Å². The van der Waals surface area contributed by atoms with Crippen molar-refractivity contribution >= 4 is 11.9 Å². The number of hydrogen-bond donors (Lipinski definition) is 3. The van der Waals surface area contributed by atoms with E-state index in [0.29, 0.717) is 19.4 Å². The summed E-state index contributed by atoms with van der Waals surface area (Å²) in [4.78, 5) is 24.5. The van der Waals surface area contributed by atoms with Gasteiger partial charge in [0.1, 0.15) is 0 Å². The molecule has 0 aliphatic carbocycles. The number of amides is 1. The van der Waals surface area contributed by atoms with E-state index in [2.05, 4.69) is 67.8 Å².